The normalized spacial score (nSPS) is 19.5. The van der Waals surface area contributed by atoms with Gasteiger partial charge in [-0.3, -0.25) is 0 Å². The van der Waals surface area contributed by atoms with Crippen molar-refractivity contribution in [3.63, 3.8) is 0 Å². The highest BCUT2D eigenvalue weighted by molar-refractivity contribution is 5.93. The molecule has 2 aliphatic rings. The van der Waals surface area contributed by atoms with Crippen LogP contribution in [-0.4, -0.2) is 26.2 Å². The molecule has 0 atom stereocenters. The molecule has 0 amide bonds. The molecule has 0 aromatic heterocycles. The molecule has 0 aliphatic carbocycles. The molecule has 0 radical (unpaired) electrons. The maximum Gasteiger partial charge on any atom is 0.124 e. The molecule has 0 bridgehead atoms. The third kappa shape index (κ3) is 1.86. The lowest BCUT2D eigenvalue weighted by atomic mass is 9.89. The Bertz CT molecular complexity index is 491. The molecule has 0 unspecified atom stereocenters. The summed E-state index contributed by atoms with van der Waals surface area (Å²) in [6.07, 6.45) is 2.83. The van der Waals surface area contributed by atoms with Crippen molar-refractivity contribution >= 4 is 11.5 Å². The molecule has 2 N–H and O–H groups in total. The lowest BCUT2D eigenvalue weighted by molar-refractivity contribution is 0.0854. The molecule has 4 nitrogen and oxygen atoms in total. The van der Waals surface area contributed by atoms with Crippen molar-refractivity contribution in [1.82, 2.24) is 0 Å². The summed E-state index contributed by atoms with van der Waals surface area (Å²) in [5.74, 6) is 2.11. The Labute approximate surface area is 107 Å². The van der Waals surface area contributed by atoms with E-state index in [1.54, 1.807) is 7.11 Å². The minimum Gasteiger partial charge on any atom is -0.496 e. The Balaban J connectivity index is 2.02. The lowest BCUT2D eigenvalue weighted by Gasteiger charge is -2.24. The predicted octanol–water partition coefficient (Wildman–Crippen LogP) is 2.13. The van der Waals surface area contributed by atoms with Crippen LogP contribution < -0.4 is 10.5 Å². The van der Waals surface area contributed by atoms with Crippen LogP contribution in [0, 0.1) is 0 Å². The second-order valence-electron chi connectivity index (χ2n) is 4.85. The molecule has 2 heterocycles. The summed E-state index contributed by atoms with van der Waals surface area (Å²) in [5, 5.41) is 0. The largest absolute Gasteiger partial charge is 0.496 e. The Morgan fingerprint density at radius 2 is 2.11 bits per heavy atom. The number of nitrogens with two attached hydrogens (primary N) is 1. The number of benzene rings is 1. The van der Waals surface area contributed by atoms with Gasteiger partial charge < -0.3 is 15.2 Å². The zero-order chi connectivity index (χ0) is 12.5. The van der Waals surface area contributed by atoms with Crippen LogP contribution in [0.2, 0.25) is 0 Å². The van der Waals surface area contributed by atoms with Crippen LogP contribution in [0.25, 0.3) is 0 Å². The Morgan fingerprint density at radius 1 is 1.33 bits per heavy atom. The molecule has 1 fully saturated rings. The number of amidine groups is 1. The van der Waals surface area contributed by atoms with Crippen molar-refractivity contribution in [3.05, 3.63) is 23.3 Å². The van der Waals surface area contributed by atoms with Gasteiger partial charge in [-0.25, -0.2) is 4.99 Å². The van der Waals surface area contributed by atoms with Gasteiger partial charge in [0.2, 0.25) is 0 Å². The Hall–Kier alpha value is -1.55. The minimum absolute atomic E-state index is 0.535. The van der Waals surface area contributed by atoms with E-state index in [0.29, 0.717) is 18.2 Å². The van der Waals surface area contributed by atoms with E-state index < -0.39 is 0 Å². The quantitative estimate of drug-likeness (QED) is 0.869. The van der Waals surface area contributed by atoms with Crippen LogP contribution in [0.1, 0.15) is 29.9 Å². The summed E-state index contributed by atoms with van der Waals surface area (Å²) in [7, 11) is 1.69. The van der Waals surface area contributed by atoms with Gasteiger partial charge >= 0.3 is 0 Å². The topological polar surface area (TPSA) is 56.8 Å². The van der Waals surface area contributed by atoms with E-state index in [2.05, 4.69) is 11.1 Å². The standard InChI is InChI=1S/C14H18N2O2/c1-17-12-3-2-10(9-4-6-18-7-5-9)14-11(12)8-13(15)16-14/h2-3,9H,4-8H2,1H3,(H2,15,16). The van der Waals surface area contributed by atoms with Gasteiger partial charge in [-0.2, -0.15) is 0 Å². The number of hydrogen-bond donors (Lipinski definition) is 1. The van der Waals surface area contributed by atoms with Crippen LogP contribution in [0.3, 0.4) is 0 Å². The van der Waals surface area contributed by atoms with Crippen molar-refractivity contribution in [3.8, 4) is 5.75 Å². The van der Waals surface area contributed by atoms with Gasteiger partial charge in [0.1, 0.15) is 11.6 Å². The van der Waals surface area contributed by atoms with E-state index in [9.17, 15) is 0 Å². The van der Waals surface area contributed by atoms with E-state index in [1.165, 1.54) is 5.56 Å². The Kier molecular flexibility index (Phi) is 2.96. The molecule has 1 aromatic rings. The first kappa shape index (κ1) is 11.5. The van der Waals surface area contributed by atoms with E-state index in [0.717, 1.165) is 43.1 Å². The third-order valence-electron chi connectivity index (χ3n) is 3.77. The molecule has 2 aliphatic heterocycles. The first-order valence-corrected chi connectivity index (χ1v) is 6.40. The van der Waals surface area contributed by atoms with Crippen molar-refractivity contribution in [2.45, 2.75) is 25.2 Å². The SMILES string of the molecule is COc1ccc(C2CCOCC2)c2c1CC(N)=N2. The van der Waals surface area contributed by atoms with E-state index >= 15 is 0 Å². The van der Waals surface area contributed by atoms with Crippen LogP contribution in [-0.2, 0) is 11.2 Å². The van der Waals surface area contributed by atoms with E-state index in [-0.39, 0.29) is 0 Å². The zero-order valence-corrected chi connectivity index (χ0v) is 10.6. The third-order valence-corrected chi connectivity index (χ3v) is 3.77. The second-order valence-corrected chi connectivity index (χ2v) is 4.85. The van der Waals surface area contributed by atoms with Crippen molar-refractivity contribution in [1.29, 1.82) is 0 Å². The lowest BCUT2D eigenvalue weighted by Crippen LogP contribution is -2.14. The number of methoxy groups -OCH3 is 1. The summed E-state index contributed by atoms with van der Waals surface area (Å²) in [6.45, 7) is 1.68. The molecular weight excluding hydrogens is 228 g/mol. The first-order chi connectivity index (χ1) is 8.79. The molecule has 3 rings (SSSR count). The summed E-state index contributed by atoms with van der Waals surface area (Å²) in [4.78, 5) is 4.51. The number of nitrogens with zero attached hydrogens (tertiary/aromatic N) is 1. The van der Waals surface area contributed by atoms with E-state index in [1.807, 2.05) is 6.07 Å². The number of ether oxygens (including phenoxy) is 2. The van der Waals surface area contributed by atoms with Crippen LogP contribution in [0.15, 0.2) is 17.1 Å². The average Bonchev–Trinajstić information content (AvgIpc) is 2.80. The van der Waals surface area contributed by atoms with Crippen LogP contribution in [0.4, 0.5) is 5.69 Å². The van der Waals surface area contributed by atoms with Gasteiger partial charge in [-0.15, -0.1) is 0 Å². The maximum absolute atomic E-state index is 5.88. The molecule has 1 aromatic carbocycles. The van der Waals surface area contributed by atoms with E-state index in [4.69, 9.17) is 15.2 Å². The number of fused-ring (bicyclic) bond motifs is 1. The smallest absolute Gasteiger partial charge is 0.124 e. The van der Waals surface area contributed by atoms with Crippen molar-refractivity contribution < 1.29 is 9.47 Å². The summed E-state index contributed by atoms with van der Waals surface area (Å²) < 4.78 is 10.8. The van der Waals surface area contributed by atoms with Crippen LogP contribution in [0.5, 0.6) is 5.75 Å². The van der Waals surface area contributed by atoms with Gasteiger partial charge in [0.25, 0.3) is 0 Å². The van der Waals surface area contributed by atoms with Crippen molar-refractivity contribution in [2.75, 3.05) is 20.3 Å². The molecule has 1 saturated heterocycles. The van der Waals surface area contributed by atoms with Gasteiger partial charge in [0.15, 0.2) is 0 Å². The minimum atomic E-state index is 0.535. The number of hydrogen-bond acceptors (Lipinski definition) is 4. The number of rotatable bonds is 2. The zero-order valence-electron chi connectivity index (χ0n) is 10.6. The second kappa shape index (κ2) is 4.61. The highest BCUT2D eigenvalue weighted by Crippen LogP contribution is 2.42. The summed E-state index contributed by atoms with van der Waals surface area (Å²) >= 11 is 0. The van der Waals surface area contributed by atoms with Gasteiger partial charge in [0, 0.05) is 25.2 Å². The van der Waals surface area contributed by atoms with Gasteiger partial charge in [-0.1, -0.05) is 6.07 Å². The highest BCUT2D eigenvalue weighted by atomic mass is 16.5. The highest BCUT2D eigenvalue weighted by Gasteiger charge is 2.25. The molecule has 18 heavy (non-hydrogen) atoms. The van der Waals surface area contributed by atoms with Crippen molar-refractivity contribution in [2.24, 2.45) is 10.7 Å². The molecule has 96 valence electrons. The first-order valence-electron chi connectivity index (χ1n) is 6.40. The summed E-state index contributed by atoms with van der Waals surface area (Å²) in [5.41, 5.74) is 9.36. The van der Waals surface area contributed by atoms with Crippen LogP contribution >= 0.6 is 0 Å². The van der Waals surface area contributed by atoms with Gasteiger partial charge in [-0.05, 0) is 30.4 Å². The molecular formula is C14H18N2O2. The fraction of sp³-hybridized carbons (Fsp3) is 0.500. The molecule has 4 heteroatoms. The average molecular weight is 246 g/mol. The number of aliphatic imine (C=N–C) groups is 1. The Morgan fingerprint density at radius 3 is 2.83 bits per heavy atom. The molecule has 0 saturated carbocycles. The molecule has 0 spiro atoms. The fourth-order valence-electron chi connectivity index (χ4n) is 2.83. The fourth-order valence-corrected chi connectivity index (χ4v) is 2.83. The van der Waals surface area contributed by atoms with Gasteiger partial charge in [0.05, 0.1) is 12.8 Å². The monoisotopic (exact) mass is 246 g/mol. The summed E-state index contributed by atoms with van der Waals surface area (Å²) in [6, 6.07) is 4.17. The maximum atomic E-state index is 5.88. The predicted molar refractivity (Wildman–Crippen MR) is 70.8 cm³/mol.